The van der Waals surface area contributed by atoms with Gasteiger partial charge in [-0.2, -0.15) is 4.72 Å². The molecule has 0 saturated heterocycles. The van der Waals surface area contributed by atoms with E-state index in [0.29, 0.717) is 11.4 Å². The number of carbonyl (C=O) groups excluding carboxylic acids is 1. The molecule has 2 N–H and O–H groups in total. The van der Waals surface area contributed by atoms with Crippen molar-refractivity contribution < 1.29 is 17.9 Å². The number of methoxy groups -OCH3 is 1. The van der Waals surface area contributed by atoms with Gasteiger partial charge in [0.2, 0.25) is 15.9 Å². The molecule has 0 saturated carbocycles. The SMILES string of the molecule is COc1ccc(S(=O)(=O)N[C@@H](Cc2ccccc2)C(=O)Nc2ccc(Br)cc2)cc1Cl. The lowest BCUT2D eigenvalue weighted by atomic mass is 10.1. The molecule has 3 aromatic carbocycles. The lowest BCUT2D eigenvalue weighted by molar-refractivity contribution is -0.117. The molecule has 6 nitrogen and oxygen atoms in total. The van der Waals surface area contributed by atoms with Crippen LogP contribution in [0.4, 0.5) is 5.69 Å². The van der Waals surface area contributed by atoms with Crippen LogP contribution in [0.3, 0.4) is 0 Å². The zero-order valence-corrected chi connectivity index (χ0v) is 19.7. The number of sulfonamides is 1. The summed E-state index contributed by atoms with van der Waals surface area (Å²) in [6, 6.07) is 19.3. The standard InChI is InChI=1S/C22H20BrClN2O4S/c1-30-21-12-11-18(14-19(21)24)31(28,29)26-20(13-15-5-3-2-4-6-15)22(27)25-17-9-7-16(23)8-10-17/h2-12,14,20,26H,13H2,1H3,(H,25,27)/t20-/m0/s1. The number of nitrogens with one attached hydrogen (secondary N) is 2. The zero-order valence-electron chi connectivity index (χ0n) is 16.5. The third kappa shape index (κ3) is 6.30. The molecule has 0 aliphatic rings. The maximum absolute atomic E-state index is 13.0. The fourth-order valence-electron chi connectivity index (χ4n) is 2.87. The van der Waals surface area contributed by atoms with Crippen LogP contribution in [0.5, 0.6) is 5.75 Å². The van der Waals surface area contributed by atoms with E-state index in [2.05, 4.69) is 26.0 Å². The monoisotopic (exact) mass is 522 g/mol. The highest BCUT2D eigenvalue weighted by Gasteiger charge is 2.27. The fraction of sp³-hybridized carbons (Fsp3) is 0.136. The van der Waals surface area contributed by atoms with Gasteiger partial charge in [0, 0.05) is 10.2 Å². The molecule has 3 aromatic rings. The first kappa shape index (κ1) is 23.3. The summed E-state index contributed by atoms with van der Waals surface area (Å²) in [4.78, 5) is 12.9. The van der Waals surface area contributed by atoms with Gasteiger partial charge in [0.1, 0.15) is 11.8 Å². The molecule has 0 heterocycles. The van der Waals surface area contributed by atoms with E-state index in [0.717, 1.165) is 10.0 Å². The van der Waals surface area contributed by atoms with Crippen molar-refractivity contribution in [2.24, 2.45) is 0 Å². The van der Waals surface area contributed by atoms with Gasteiger partial charge < -0.3 is 10.1 Å². The van der Waals surface area contributed by atoms with Gasteiger partial charge in [0.15, 0.2) is 0 Å². The summed E-state index contributed by atoms with van der Waals surface area (Å²) in [5, 5.41) is 2.92. The Balaban J connectivity index is 1.87. The van der Waals surface area contributed by atoms with Crippen LogP contribution >= 0.6 is 27.5 Å². The molecule has 0 spiro atoms. The van der Waals surface area contributed by atoms with Crippen LogP contribution in [0.15, 0.2) is 82.2 Å². The average molecular weight is 524 g/mol. The van der Waals surface area contributed by atoms with Gasteiger partial charge in [0.25, 0.3) is 0 Å². The van der Waals surface area contributed by atoms with Gasteiger partial charge >= 0.3 is 0 Å². The molecule has 31 heavy (non-hydrogen) atoms. The summed E-state index contributed by atoms with van der Waals surface area (Å²) < 4.78 is 34.4. The summed E-state index contributed by atoms with van der Waals surface area (Å²) in [5.41, 5.74) is 1.37. The lowest BCUT2D eigenvalue weighted by Gasteiger charge is -2.19. The van der Waals surface area contributed by atoms with Crippen molar-refractivity contribution in [3.8, 4) is 5.75 Å². The smallest absolute Gasteiger partial charge is 0.242 e. The normalized spacial score (nSPS) is 12.2. The molecule has 162 valence electrons. The molecule has 3 rings (SSSR count). The van der Waals surface area contributed by atoms with Crippen LogP contribution in [-0.4, -0.2) is 27.5 Å². The fourth-order valence-corrected chi connectivity index (χ4v) is 4.68. The van der Waals surface area contributed by atoms with Gasteiger partial charge in [-0.05, 0) is 54.4 Å². The minimum absolute atomic E-state index is 0.0622. The van der Waals surface area contributed by atoms with Crippen molar-refractivity contribution in [3.63, 3.8) is 0 Å². The molecule has 0 aromatic heterocycles. The zero-order chi connectivity index (χ0) is 22.4. The Hall–Kier alpha value is -2.39. The van der Waals surface area contributed by atoms with Crippen molar-refractivity contribution in [3.05, 3.63) is 87.9 Å². The number of amides is 1. The van der Waals surface area contributed by atoms with Crippen LogP contribution in [0, 0.1) is 0 Å². The summed E-state index contributed by atoms with van der Waals surface area (Å²) in [7, 11) is -2.59. The Bertz CT molecular complexity index is 1160. The first-order chi connectivity index (χ1) is 14.8. The van der Waals surface area contributed by atoms with Gasteiger partial charge in [-0.3, -0.25) is 4.79 Å². The first-order valence-electron chi connectivity index (χ1n) is 9.25. The Morgan fingerprint density at radius 2 is 1.74 bits per heavy atom. The molecule has 0 bridgehead atoms. The van der Waals surface area contributed by atoms with Crippen molar-refractivity contribution in [2.45, 2.75) is 17.4 Å². The Morgan fingerprint density at radius 3 is 2.35 bits per heavy atom. The maximum Gasteiger partial charge on any atom is 0.242 e. The van der Waals surface area contributed by atoms with E-state index in [9.17, 15) is 13.2 Å². The number of hydrogen-bond acceptors (Lipinski definition) is 4. The van der Waals surface area contributed by atoms with E-state index in [1.54, 1.807) is 24.3 Å². The van der Waals surface area contributed by atoms with E-state index < -0.39 is 22.0 Å². The maximum atomic E-state index is 13.0. The minimum Gasteiger partial charge on any atom is -0.495 e. The van der Waals surface area contributed by atoms with E-state index in [4.69, 9.17) is 16.3 Å². The number of rotatable bonds is 8. The molecule has 1 amide bonds. The quantitative estimate of drug-likeness (QED) is 0.451. The van der Waals surface area contributed by atoms with Crippen molar-refractivity contribution >= 4 is 49.1 Å². The Kier molecular flexibility index (Phi) is 7.72. The molecule has 0 radical (unpaired) electrons. The molecular weight excluding hydrogens is 504 g/mol. The van der Waals surface area contributed by atoms with Crippen LogP contribution in [0.1, 0.15) is 5.56 Å². The predicted molar refractivity (Wildman–Crippen MR) is 125 cm³/mol. The summed E-state index contributed by atoms with van der Waals surface area (Å²) >= 11 is 9.43. The summed E-state index contributed by atoms with van der Waals surface area (Å²) in [6.07, 6.45) is 0.173. The molecule has 9 heteroatoms. The van der Waals surface area contributed by atoms with Crippen molar-refractivity contribution in [2.75, 3.05) is 12.4 Å². The topological polar surface area (TPSA) is 84.5 Å². The summed E-state index contributed by atoms with van der Waals surface area (Å²) in [5.74, 6) is -0.121. The highest BCUT2D eigenvalue weighted by molar-refractivity contribution is 9.10. The number of ether oxygens (including phenoxy) is 1. The molecule has 0 aliphatic carbocycles. The number of anilines is 1. The lowest BCUT2D eigenvalue weighted by Crippen LogP contribution is -2.45. The van der Waals surface area contributed by atoms with Crippen LogP contribution < -0.4 is 14.8 Å². The average Bonchev–Trinajstić information content (AvgIpc) is 2.75. The van der Waals surface area contributed by atoms with Crippen LogP contribution in [0.25, 0.3) is 0 Å². The number of hydrogen-bond donors (Lipinski definition) is 2. The third-order valence-electron chi connectivity index (χ3n) is 4.44. The van der Waals surface area contributed by atoms with Crippen LogP contribution in [-0.2, 0) is 21.2 Å². The largest absolute Gasteiger partial charge is 0.495 e. The first-order valence-corrected chi connectivity index (χ1v) is 11.9. The second-order valence-corrected chi connectivity index (χ2v) is 9.69. The number of carbonyl (C=O) groups is 1. The molecule has 1 atom stereocenters. The van der Waals surface area contributed by atoms with Gasteiger partial charge in [0.05, 0.1) is 17.0 Å². The number of halogens is 2. The molecule has 0 fully saturated rings. The van der Waals surface area contributed by atoms with E-state index in [1.807, 2.05) is 30.3 Å². The molecule has 0 unspecified atom stereocenters. The second kappa shape index (κ2) is 10.3. The van der Waals surface area contributed by atoms with Gasteiger partial charge in [-0.25, -0.2) is 8.42 Å². The minimum atomic E-state index is -4.03. The van der Waals surface area contributed by atoms with Crippen molar-refractivity contribution in [1.82, 2.24) is 4.72 Å². The van der Waals surface area contributed by atoms with E-state index in [-0.39, 0.29) is 16.3 Å². The van der Waals surface area contributed by atoms with Gasteiger partial charge in [-0.1, -0.05) is 57.9 Å². The number of benzene rings is 3. The molecule has 0 aliphatic heterocycles. The van der Waals surface area contributed by atoms with E-state index in [1.165, 1.54) is 25.3 Å². The van der Waals surface area contributed by atoms with Gasteiger partial charge in [-0.15, -0.1) is 0 Å². The Labute approximate surface area is 194 Å². The second-order valence-electron chi connectivity index (χ2n) is 6.66. The third-order valence-corrected chi connectivity index (χ3v) is 6.74. The highest BCUT2D eigenvalue weighted by Crippen LogP contribution is 2.27. The molecular formula is C22H20BrClN2O4S. The predicted octanol–water partition coefficient (Wildman–Crippen LogP) is 4.64. The van der Waals surface area contributed by atoms with Crippen LogP contribution in [0.2, 0.25) is 5.02 Å². The summed E-state index contributed by atoms with van der Waals surface area (Å²) in [6.45, 7) is 0. The van der Waals surface area contributed by atoms with Crippen molar-refractivity contribution in [1.29, 1.82) is 0 Å². The van der Waals surface area contributed by atoms with E-state index >= 15 is 0 Å². The Morgan fingerprint density at radius 1 is 1.06 bits per heavy atom. The highest BCUT2D eigenvalue weighted by atomic mass is 79.9.